The number of nitrogens with zero attached hydrogens (tertiary/aromatic N) is 1. The summed E-state index contributed by atoms with van der Waals surface area (Å²) in [6.45, 7) is 2.62. The fraction of sp³-hybridized carbons (Fsp3) is 0.333. The van der Waals surface area contributed by atoms with Crippen molar-refractivity contribution in [3.8, 4) is 0 Å². The first-order chi connectivity index (χ1) is 12.6. The van der Waals surface area contributed by atoms with Crippen LogP contribution in [0.25, 0.3) is 0 Å². The summed E-state index contributed by atoms with van der Waals surface area (Å²) in [5.41, 5.74) is 4.65. The fourth-order valence-corrected chi connectivity index (χ4v) is 3.22. The van der Waals surface area contributed by atoms with Gasteiger partial charge in [0.1, 0.15) is 0 Å². The molecule has 0 fully saturated rings. The number of anilines is 2. The molecule has 2 aromatic rings. The predicted molar refractivity (Wildman–Crippen MR) is 107 cm³/mol. The molecule has 1 aliphatic rings. The maximum atomic E-state index is 12.4. The lowest BCUT2D eigenvalue weighted by Crippen LogP contribution is -2.25. The summed E-state index contributed by atoms with van der Waals surface area (Å²) < 4.78 is 0. The number of benzene rings is 1. The van der Waals surface area contributed by atoms with Crippen molar-refractivity contribution >= 4 is 28.9 Å². The maximum absolute atomic E-state index is 12.4. The second-order valence-electron chi connectivity index (χ2n) is 6.67. The number of allylic oxidation sites excluding steroid dienone is 1. The normalized spacial score (nSPS) is 13.8. The van der Waals surface area contributed by atoms with E-state index in [1.54, 1.807) is 18.5 Å². The third-order valence-electron chi connectivity index (χ3n) is 4.58. The van der Waals surface area contributed by atoms with Crippen molar-refractivity contribution in [2.24, 2.45) is 0 Å². The van der Waals surface area contributed by atoms with Crippen molar-refractivity contribution < 1.29 is 4.79 Å². The third kappa shape index (κ3) is 5.09. The van der Waals surface area contributed by atoms with Gasteiger partial charge in [-0.05, 0) is 62.8 Å². The van der Waals surface area contributed by atoms with Crippen molar-refractivity contribution in [1.82, 2.24) is 10.3 Å². The molecule has 0 unspecified atom stereocenters. The lowest BCUT2D eigenvalue weighted by atomic mass is 9.97. The molecule has 1 amide bonds. The van der Waals surface area contributed by atoms with Gasteiger partial charge >= 0.3 is 0 Å². The van der Waals surface area contributed by atoms with E-state index < -0.39 is 0 Å². The van der Waals surface area contributed by atoms with E-state index in [1.807, 2.05) is 25.1 Å². The average molecular weight is 370 g/mol. The average Bonchev–Trinajstić information content (AvgIpc) is 2.66. The number of carbonyl (C=O) groups excluding carboxylic acids is 1. The number of carbonyl (C=O) groups is 1. The predicted octanol–water partition coefficient (Wildman–Crippen LogP) is 5.41. The Morgan fingerprint density at radius 1 is 1.19 bits per heavy atom. The molecule has 26 heavy (non-hydrogen) atoms. The molecule has 0 saturated carbocycles. The van der Waals surface area contributed by atoms with Crippen LogP contribution in [0.2, 0.25) is 5.02 Å². The maximum Gasteiger partial charge on any atom is 0.252 e. The highest BCUT2D eigenvalue weighted by Gasteiger charge is 2.09. The molecular formula is C21H24ClN3O. The van der Waals surface area contributed by atoms with E-state index in [-0.39, 0.29) is 5.91 Å². The van der Waals surface area contributed by atoms with E-state index in [9.17, 15) is 4.79 Å². The smallest absolute Gasteiger partial charge is 0.252 e. The van der Waals surface area contributed by atoms with Crippen LogP contribution >= 0.6 is 11.6 Å². The zero-order chi connectivity index (χ0) is 18.4. The van der Waals surface area contributed by atoms with Crippen LogP contribution in [0.4, 0.5) is 11.4 Å². The Balaban J connectivity index is 1.58. The zero-order valence-electron chi connectivity index (χ0n) is 15.0. The van der Waals surface area contributed by atoms with E-state index in [4.69, 9.17) is 11.6 Å². The zero-order valence-corrected chi connectivity index (χ0v) is 15.8. The van der Waals surface area contributed by atoms with Gasteiger partial charge in [-0.3, -0.25) is 9.78 Å². The molecule has 0 saturated heterocycles. The Labute approximate surface area is 159 Å². The van der Waals surface area contributed by atoms with Crippen molar-refractivity contribution in [2.75, 3.05) is 11.9 Å². The van der Waals surface area contributed by atoms with Gasteiger partial charge in [0.25, 0.3) is 5.91 Å². The number of nitrogens with one attached hydrogen (secondary N) is 2. The second-order valence-corrected chi connectivity index (χ2v) is 7.07. The van der Waals surface area contributed by atoms with Gasteiger partial charge in [0, 0.05) is 23.5 Å². The minimum Gasteiger partial charge on any atom is -0.354 e. The van der Waals surface area contributed by atoms with Crippen LogP contribution in [-0.2, 0) is 0 Å². The number of aromatic nitrogens is 1. The number of aryl methyl sites for hydroxylation is 1. The minimum absolute atomic E-state index is 0.0977. The number of hydrogen-bond donors (Lipinski definition) is 2. The summed E-state index contributed by atoms with van der Waals surface area (Å²) in [6, 6.07) is 7.57. The summed E-state index contributed by atoms with van der Waals surface area (Å²) in [4.78, 5) is 16.5. The number of hydrogen-bond acceptors (Lipinski definition) is 3. The summed E-state index contributed by atoms with van der Waals surface area (Å²) in [7, 11) is 0. The Hall–Kier alpha value is -2.33. The highest BCUT2D eigenvalue weighted by molar-refractivity contribution is 6.31. The van der Waals surface area contributed by atoms with Crippen LogP contribution < -0.4 is 10.6 Å². The molecule has 0 radical (unpaired) electrons. The lowest BCUT2D eigenvalue weighted by molar-refractivity contribution is 0.0953. The first kappa shape index (κ1) is 18.5. The Morgan fingerprint density at radius 2 is 2.08 bits per heavy atom. The number of halogens is 1. The first-order valence-electron chi connectivity index (χ1n) is 9.06. The van der Waals surface area contributed by atoms with Crippen molar-refractivity contribution in [3.05, 3.63) is 64.5 Å². The van der Waals surface area contributed by atoms with Crippen LogP contribution in [0, 0.1) is 6.92 Å². The lowest BCUT2D eigenvalue weighted by Gasteiger charge is -2.13. The van der Waals surface area contributed by atoms with Gasteiger partial charge in [0.15, 0.2) is 0 Å². The standard InChI is InChI=1S/C21H24ClN3O/c1-15-7-8-18(12-20(15)22)25-19-11-17(13-23-14-19)21(26)24-10-9-16-5-3-2-4-6-16/h5,7-8,11-14,25H,2-4,6,9-10H2,1H3,(H,24,26). The Bertz CT molecular complexity index is 817. The molecule has 1 heterocycles. The van der Waals surface area contributed by atoms with Crippen molar-refractivity contribution in [3.63, 3.8) is 0 Å². The SMILES string of the molecule is Cc1ccc(Nc2cncc(C(=O)NCCC3=CCCCC3)c2)cc1Cl. The summed E-state index contributed by atoms with van der Waals surface area (Å²) >= 11 is 6.16. The van der Waals surface area contributed by atoms with Crippen LogP contribution in [-0.4, -0.2) is 17.4 Å². The van der Waals surface area contributed by atoms with Crippen molar-refractivity contribution in [2.45, 2.75) is 39.0 Å². The van der Waals surface area contributed by atoms with Crippen molar-refractivity contribution in [1.29, 1.82) is 0 Å². The molecule has 0 spiro atoms. The fourth-order valence-electron chi connectivity index (χ4n) is 3.04. The summed E-state index contributed by atoms with van der Waals surface area (Å²) in [5.74, 6) is -0.0977. The molecule has 136 valence electrons. The van der Waals surface area contributed by atoms with E-state index in [1.165, 1.54) is 24.8 Å². The van der Waals surface area contributed by atoms with E-state index in [0.717, 1.165) is 29.8 Å². The van der Waals surface area contributed by atoms with Gasteiger partial charge in [-0.25, -0.2) is 0 Å². The summed E-state index contributed by atoms with van der Waals surface area (Å²) in [5, 5.41) is 6.93. The monoisotopic (exact) mass is 369 g/mol. The number of rotatable bonds is 6. The molecule has 5 heteroatoms. The van der Waals surface area contributed by atoms with E-state index in [0.29, 0.717) is 17.1 Å². The molecule has 1 aromatic heterocycles. The van der Waals surface area contributed by atoms with Crippen LogP contribution in [0.3, 0.4) is 0 Å². The van der Waals surface area contributed by atoms with Gasteiger partial charge in [-0.1, -0.05) is 29.3 Å². The molecule has 1 aromatic carbocycles. The largest absolute Gasteiger partial charge is 0.354 e. The first-order valence-corrected chi connectivity index (χ1v) is 9.44. The summed E-state index contributed by atoms with van der Waals surface area (Å²) in [6.07, 6.45) is 11.4. The van der Waals surface area contributed by atoms with Gasteiger partial charge in [-0.2, -0.15) is 0 Å². The van der Waals surface area contributed by atoms with E-state index >= 15 is 0 Å². The highest BCUT2D eigenvalue weighted by Crippen LogP contribution is 2.23. The molecular weight excluding hydrogens is 346 g/mol. The van der Waals surface area contributed by atoms with Crippen LogP contribution in [0.1, 0.15) is 48.0 Å². The van der Waals surface area contributed by atoms with E-state index in [2.05, 4.69) is 21.7 Å². The highest BCUT2D eigenvalue weighted by atomic mass is 35.5. The number of amides is 1. The van der Waals surface area contributed by atoms with Gasteiger partial charge in [0.2, 0.25) is 0 Å². The molecule has 4 nitrogen and oxygen atoms in total. The third-order valence-corrected chi connectivity index (χ3v) is 4.98. The van der Waals surface area contributed by atoms with Gasteiger partial charge in [-0.15, -0.1) is 0 Å². The molecule has 0 aliphatic heterocycles. The van der Waals surface area contributed by atoms with Gasteiger partial charge in [0.05, 0.1) is 17.4 Å². The van der Waals surface area contributed by atoms with Crippen LogP contribution in [0.15, 0.2) is 48.3 Å². The minimum atomic E-state index is -0.0977. The topological polar surface area (TPSA) is 54.0 Å². The van der Waals surface area contributed by atoms with Gasteiger partial charge < -0.3 is 10.6 Å². The molecule has 2 N–H and O–H groups in total. The second kappa shape index (κ2) is 8.86. The van der Waals surface area contributed by atoms with Crippen LogP contribution in [0.5, 0.6) is 0 Å². The Kier molecular flexibility index (Phi) is 6.29. The molecule has 0 bridgehead atoms. The molecule has 1 aliphatic carbocycles. The molecule has 3 rings (SSSR count). The molecule has 0 atom stereocenters. The quantitative estimate of drug-likeness (QED) is 0.669. The Morgan fingerprint density at radius 3 is 2.85 bits per heavy atom. The number of pyridine rings is 1.